The van der Waals surface area contributed by atoms with Gasteiger partial charge >= 0.3 is 0 Å². The van der Waals surface area contributed by atoms with E-state index in [0.29, 0.717) is 6.42 Å². The number of aryl methyl sites for hydroxylation is 1. The van der Waals surface area contributed by atoms with Crippen molar-refractivity contribution in [2.45, 2.75) is 19.4 Å². The Bertz CT molecular complexity index is 615. The van der Waals surface area contributed by atoms with E-state index in [1.165, 1.54) is 0 Å². The molecule has 0 aromatic heterocycles. The summed E-state index contributed by atoms with van der Waals surface area (Å²) in [5.41, 5.74) is 9.47. The number of rotatable bonds is 4. The topological polar surface area (TPSA) is 35.2 Å². The van der Waals surface area contributed by atoms with Crippen LogP contribution in [0, 0.1) is 6.92 Å². The average Bonchev–Trinajstić information content (AvgIpc) is 2.42. The Morgan fingerprint density at radius 1 is 1.25 bits per heavy atom. The van der Waals surface area contributed by atoms with Crippen LogP contribution in [0.15, 0.2) is 40.9 Å². The maximum atomic E-state index is 6.28. The monoisotopic (exact) mass is 353 g/mol. The first-order valence-electron chi connectivity index (χ1n) is 6.35. The Balaban J connectivity index is 2.21. The molecule has 106 valence electrons. The second-order valence-electron chi connectivity index (χ2n) is 4.78. The van der Waals surface area contributed by atoms with Gasteiger partial charge in [-0.25, -0.2) is 0 Å². The first-order valence-corrected chi connectivity index (χ1v) is 7.52. The van der Waals surface area contributed by atoms with E-state index in [1.807, 2.05) is 43.3 Å². The smallest absolute Gasteiger partial charge is 0.122 e. The Hall–Kier alpha value is -1.03. The predicted octanol–water partition coefficient (Wildman–Crippen LogP) is 4.66. The van der Waals surface area contributed by atoms with Gasteiger partial charge in [0.25, 0.3) is 0 Å². The summed E-state index contributed by atoms with van der Waals surface area (Å²) in [5.74, 6) is 0.861. The number of ether oxygens (including phenoxy) is 1. The van der Waals surface area contributed by atoms with Crippen molar-refractivity contribution >= 4 is 27.5 Å². The molecule has 0 saturated carbocycles. The van der Waals surface area contributed by atoms with Crippen molar-refractivity contribution in [1.82, 2.24) is 0 Å². The minimum absolute atomic E-state index is 0.108. The van der Waals surface area contributed by atoms with Gasteiger partial charge in [0.2, 0.25) is 0 Å². The van der Waals surface area contributed by atoms with Gasteiger partial charge in [-0.3, -0.25) is 0 Å². The van der Waals surface area contributed by atoms with Crippen molar-refractivity contribution in [1.29, 1.82) is 0 Å². The number of hydrogen-bond donors (Lipinski definition) is 1. The van der Waals surface area contributed by atoms with E-state index in [4.69, 9.17) is 22.1 Å². The molecule has 2 aromatic carbocycles. The number of nitrogens with two attached hydrogens (primary N) is 1. The van der Waals surface area contributed by atoms with Gasteiger partial charge in [0.05, 0.1) is 7.11 Å². The van der Waals surface area contributed by atoms with Crippen LogP contribution in [0.2, 0.25) is 5.02 Å². The molecule has 20 heavy (non-hydrogen) atoms. The van der Waals surface area contributed by atoms with E-state index in [1.54, 1.807) is 7.11 Å². The van der Waals surface area contributed by atoms with Gasteiger partial charge in [0, 0.05) is 15.5 Å². The van der Waals surface area contributed by atoms with Crippen molar-refractivity contribution in [2.75, 3.05) is 7.11 Å². The zero-order chi connectivity index (χ0) is 14.7. The molecule has 2 nitrogen and oxygen atoms in total. The van der Waals surface area contributed by atoms with Crippen molar-refractivity contribution in [2.24, 2.45) is 5.73 Å². The third kappa shape index (κ3) is 3.54. The van der Waals surface area contributed by atoms with Gasteiger partial charge in [-0.2, -0.15) is 0 Å². The Labute approximate surface area is 133 Å². The summed E-state index contributed by atoms with van der Waals surface area (Å²) in [6, 6.07) is 11.8. The van der Waals surface area contributed by atoms with Crippen LogP contribution in [0.5, 0.6) is 5.75 Å². The van der Waals surface area contributed by atoms with Crippen molar-refractivity contribution < 1.29 is 4.74 Å². The Morgan fingerprint density at radius 3 is 2.65 bits per heavy atom. The summed E-state index contributed by atoms with van der Waals surface area (Å²) >= 11 is 9.64. The van der Waals surface area contributed by atoms with Gasteiger partial charge in [0.15, 0.2) is 0 Å². The first kappa shape index (κ1) is 15.4. The lowest BCUT2D eigenvalue weighted by Gasteiger charge is -2.15. The molecule has 0 aliphatic rings. The molecule has 4 heteroatoms. The summed E-state index contributed by atoms with van der Waals surface area (Å²) in [6.45, 7) is 2.01. The zero-order valence-corrected chi connectivity index (χ0v) is 13.8. The van der Waals surface area contributed by atoms with Gasteiger partial charge in [-0.05, 0) is 48.2 Å². The minimum Gasteiger partial charge on any atom is -0.496 e. The molecular formula is C16H17BrClNO. The van der Waals surface area contributed by atoms with Crippen LogP contribution in [0.25, 0.3) is 0 Å². The van der Waals surface area contributed by atoms with Crippen LogP contribution in [-0.2, 0) is 6.42 Å². The molecule has 1 atom stereocenters. The van der Waals surface area contributed by atoms with Gasteiger partial charge in [-0.15, -0.1) is 0 Å². The van der Waals surface area contributed by atoms with Gasteiger partial charge < -0.3 is 10.5 Å². The molecule has 0 radical (unpaired) electrons. The summed E-state index contributed by atoms with van der Waals surface area (Å²) < 4.78 is 6.31. The average molecular weight is 355 g/mol. The molecule has 0 aliphatic heterocycles. The van der Waals surface area contributed by atoms with Gasteiger partial charge in [0.1, 0.15) is 5.75 Å². The van der Waals surface area contributed by atoms with E-state index in [9.17, 15) is 0 Å². The summed E-state index contributed by atoms with van der Waals surface area (Å²) in [6.07, 6.45) is 0.693. The number of benzene rings is 2. The minimum atomic E-state index is -0.108. The van der Waals surface area contributed by atoms with E-state index in [0.717, 1.165) is 31.9 Å². The summed E-state index contributed by atoms with van der Waals surface area (Å²) in [4.78, 5) is 0. The normalized spacial score (nSPS) is 12.2. The van der Waals surface area contributed by atoms with Crippen LogP contribution in [0.3, 0.4) is 0 Å². The third-order valence-corrected chi connectivity index (χ3v) is 4.16. The Morgan fingerprint density at radius 2 is 2.00 bits per heavy atom. The molecule has 0 saturated heterocycles. The number of methoxy groups -OCH3 is 1. The molecule has 2 aromatic rings. The standard InChI is InChI=1S/C16H17BrClNO/c1-10-3-4-12(8-16(10)20-2)15(19)7-11-5-6-13(17)9-14(11)18/h3-6,8-9,15H,7,19H2,1-2H3. The highest BCUT2D eigenvalue weighted by molar-refractivity contribution is 9.10. The molecule has 0 heterocycles. The maximum Gasteiger partial charge on any atom is 0.122 e. The molecule has 0 fully saturated rings. The van der Waals surface area contributed by atoms with Crippen molar-refractivity contribution in [3.05, 3.63) is 62.6 Å². The van der Waals surface area contributed by atoms with E-state index < -0.39 is 0 Å². The molecule has 0 bridgehead atoms. The predicted molar refractivity (Wildman–Crippen MR) is 87.5 cm³/mol. The fourth-order valence-corrected chi connectivity index (χ4v) is 2.86. The highest BCUT2D eigenvalue weighted by Crippen LogP contribution is 2.27. The molecule has 2 N–H and O–H groups in total. The maximum absolute atomic E-state index is 6.28. The first-order chi connectivity index (χ1) is 9.51. The lowest BCUT2D eigenvalue weighted by atomic mass is 9.98. The van der Waals surface area contributed by atoms with Crippen molar-refractivity contribution in [3.8, 4) is 5.75 Å². The van der Waals surface area contributed by atoms with Crippen LogP contribution in [-0.4, -0.2) is 7.11 Å². The zero-order valence-electron chi connectivity index (χ0n) is 11.5. The van der Waals surface area contributed by atoms with E-state index in [-0.39, 0.29) is 6.04 Å². The fraction of sp³-hybridized carbons (Fsp3) is 0.250. The second-order valence-corrected chi connectivity index (χ2v) is 6.10. The van der Waals surface area contributed by atoms with Crippen LogP contribution in [0.1, 0.15) is 22.7 Å². The summed E-state index contributed by atoms with van der Waals surface area (Å²) in [5, 5.41) is 0.730. The number of hydrogen-bond acceptors (Lipinski definition) is 2. The lowest BCUT2D eigenvalue weighted by molar-refractivity contribution is 0.410. The molecule has 0 amide bonds. The third-order valence-electron chi connectivity index (χ3n) is 3.32. The van der Waals surface area contributed by atoms with Crippen LogP contribution < -0.4 is 10.5 Å². The highest BCUT2D eigenvalue weighted by atomic mass is 79.9. The Kier molecular flexibility index (Phi) is 5.08. The quantitative estimate of drug-likeness (QED) is 0.866. The molecule has 0 spiro atoms. The van der Waals surface area contributed by atoms with Crippen molar-refractivity contribution in [3.63, 3.8) is 0 Å². The fourth-order valence-electron chi connectivity index (χ4n) is 2.11. The number of halogens is 2. The second kappa shape index (κ2) is 6.61. The summed E-state index contributed by atoms with van der Waals surface area (Å²) in [7, 11) is 1.67. The molecular weight excluding hydrogens is 338 g/mol. The molecule has 0 aliphatic carbocycles. The SMILES string of the molecule is COc1cc(C(N)Cc2ccc(Br)cc2Cl)ccc1C. The molecule has 1 unspecified atom stereocenters. The highest BCUT2D eigenvalue weighted by Gasteiger charge is 2.11. The molecule has 2 rings (SSSR count). The van der Waals surface area contributed by atoms with E-state index >= 15 is 0 Å². The largest absolute Gasteiger partial charge is 0.496 e. The van der Waals surface area contributed by atoms with Crippen LogP contribution in [0.4, 0.5) is 0 Å². The van der Waals surface area contributed by atoms with Gasteiger partial charge in [-0.1, -0.05) is 45.7 Å². The van der Waals surface area contributed by atoms with Crippen LogP contribution >= 0.6 is 27.5 Å². The van der Waals surface area contributed by atoms with E-state index in [2.05, 4.69) is 15.9 Å². The lowest BCUT2D eigenvalue weighted by Crippen LogP contribution is -2.13.